The highest BCUT2D eigenvalue weighted by atomic mass is 16.3. The van der Waals surface area contributed by atoms with Crippen LogP contribution in [-0.4, -0.2) is 28.3 Å². The second-order valence-electron chi connectivity index (χ2n) is 9.10. The lowest BCUT2D eigenvalue weighted by Gasteiger charge is -2.56. The number of carbonyl (C=O) groups excluding carboxylic acids is 2. The Bertz CT molecular complexity index is 908. The van der Waals surface area contributed by atoms with Crippen LogP contribution >= 0.6 is 0 Å². The van der Waals surface area contributed by atoms with E-state index in [0.29, 0.717) is 12.1 Å². The number of rotatable bonds is 4. The summed E-state index contributed by atoms with van der Waals surface area (Å²) in [6.45, 7) is 0.373. The monoisotopic (exact) mass is 406 g/mol. The first-order chi connectivity index (χ1) is 14.7. The van der Waals surface area contributed by atoms with Crippen LogP contribution in [0.1, 0.15) is 85.4 Å². The molecule has 2 aromatic rings. The summed E-state index contributed by atoms with van der Waals surface area (Å²) < 4.78 is 5.42. The van der Waals surface area contributed by atoms with Gasteiger partial charge in [0.15, 0.2) is 0 Å². The molecule has 30 heavy (non-hydrogen) atoms. The average molecular weight is 407 g/mol. The Morgan fingerprint density at radius 3 is 2.53 bits per heavy atom. The van der Waals surface area contributed by atoms with Gasteiger partial charge in [-0.1, -0.05) is 50.3 Å². The number of amides is 2. The molecule has 0 saturated heterocycles. The van der Waals surface area contributed by atoms with Crippen molar-refractivity contribution in [2.24, 2.45) is 0 Å². The summed E-state index contributed by atoms with van der Waals surface area (Å²) in [5.74, 6) is 0.557. The van der Waals surface area contributed by atoms with Gasteiger partial charge >= 0.3 is 0 Å². The standard InChI is InChI=1S/C25H30N2O3/c28-23(26-17-19-11-8-16-30-19)22-20-12-4-5-13-21(20)24(29)27(18-9-2-3-10-18)25(22)14-6-1-7-15-25/h4-5,8,11-13,16,18,22H,1-3,6-7,9-10,14-15,17H2,(H,26,28)/t22-/m0/s1. The summed E-state index contributed by atoms with van der Waals surface area (Å²) in [4.78, 5) is 29.7. The van der Waals surface area contributed by atoms with Crippen LogP contribution in [-0.2, 0) is 11.3 Å². The molecule has 1 aromatic carbocycles. The minimum Gasteiger partial charge on any atom is -0.467 e. The van der Waals surface area contributed by atoms with Crippen LogP contribution < -0.4 is 5.32 Å². The second kappa shape index (κ2) is 7.93. The molecule has 0 bridgehead atoms. The summed E-state index contributed by atoms with van der Waals surface area (Å²) in [5.41, 5.74) is 1.20. The molecule has 1 aromatic heterocycles. The molecule has 2 fully saturated rings. The topological polar surface area (TPSA) is 62.6 Å². The number of benzene rings is 1. The fourth-order valence-corrected chi connectivity index (χ4v) is 6.16. The van der Waals surface area contributed by atoms with Crippen LogP contribution in [0.3, 0.4) is 0 Å². The zero-order valence-corrected chi connectivity index (χ0v) is 17.4. The van der Waals surface area contributed by atoms with E-state index in [9.17, 15) is 9.59 Å². The molecule has 5 nitrogen and oxygen atoms in total. The number of fused-ring (bicyclic) bond motifs is 1. The van der Waals surface area contributed by atoms with Crippen molar-refractivity contribution in [1.82, 2.24) is 10.2 Å². The van der Waals surface area contributed by atoms with Crippen LogP contribution in [0.4, 0.5) is 0 Å². The van der Waals surface area contributed by atoms with Crippen molar-refractivity contribution in [3.63, 3.8) is 0 Å². The summed E-state index contributed by atoms with van der Waals surface area (Å²) in [5, 5.41) is 3.12. The maximum absolute atomic E-state index is 13.8. The number of furan rings is 1. The first-order valence-electron chi connectivity index (χ1n) is 11.4. The maximum Gasteiger partial charge on any atom is 0.254 e. The summed E-state index contributed by atoms with van der Waals surface area (Å²) >= 11 is 0. The zero-order chi connectivity index (χ0) is 20.6. The third-order valence-corrected chi connectivity index (χ3v) is 7.43. The molecule has 5 heteroatoms. The SMILES string of the molecule is O=C(NCc1ccco1)[C@@H]1c2ccccc2C(=O)N(C2CCCC2)C12CCCCC2. The third kappa shape index (κ3) is 3.15. The fourth-order valence-electron chi connectivity index (χ4n) is 6.16. The van der Waals surface area contributed by atoms with Crippen molar-refractivity contribution >= 4 is 11.8 Å². The van der Waals surface area contributed by atoms with E-state index in [-0.39, 0.29) is 23.8 Å². The number of nitrogens with zero attached hydrogens (tertiary/aromatic N) is 1. The van der Waals surface area contributed by atoms with Gasteiger partial charge < -0.3 is 14.6 Å². The Kier molecular flexibility index (Phi) is 5.13. The van der Waals surface area contributed by atoms with Crippen LogP contribution in [0.25, 0.3) is 0 Å². The summed E-state index contributed by atoms with van der Waals surface area (Å²) in [7, 11) is 0. The molecule has 2 amide bonds. The van der Waals surface area contributed by atoms with E-state index in [1.807, 2.05) is 36.4 Å². The predicted molar refractivity (Wildman–Crippen MR) is 114 cm³/mol. The number of hydrogen-bond donors (Lipinski definition) is 1. The second-order valence-corrected chi connectivity index (χ2v) is 9.10. The molecule has 1 atom stereocenters. The van der Waals surface area contributed by atoms with Crippen molar-refractivity contribution in [3.05, 3.63) is 59.5 Å². The maximum atomic E-state index is 13.8. The van der Waals surface area contributed by atoms with Gasteiger partial charge in [0, 0.05) is 11.6 Å². The van der Waals surface area contributed by atoms with Crippen molar-refractivity contribution in [2.75, 3.05) is 0 Å². The molecule has 0 radical (unpaired) electrons. The van der Waals surface area contributed by atoms with Crippen molar-refractivity contribution in [2.45, 2.75) is 81.8 Å². The Morgan fingerprint density at radius 1 is 1.03 bits per heavy atom. The highest BCUT2D eigenvalue weighted by Gasteiger charge is 2.56. The largest absolute Gasteiger partial charge is 0.467 e. The van der Waals surface area contributed by atoms with E-state index in [1.165, 1.54) is 19.3 Å². The zero-order valence-electron chi connectivity index (χ0n) is 17.4. The van der Waals surface area contributed by atoms with Gasteiger partial charge in [0.05, 0.1) is 24.3 Å². The van der Waals surface area contributed by atoms with Gasteiger partial charge in [0.1, 0.15) is 5.76 Å². The van der Waals surface area contributed by atoms with E-state index in [2.05, 4.69) is 10.2 Å². The van der Waals surface area contributed by atoms with Gasteiger partial charge in [-0.2, -0.15) is 0 Å². The molecule has 1 N–H and O–H groups in total. The quantitative estimate of drug-likeness (QED) is 0.795. The average Bonchev–Trinajstić information content (AvgIpc) is 3.48. The smallest absolute Gasteiger partial charge is 0.254 e. The lowest BCUT2D eigenvalue weighted by Crippen LogP contribution is -2.65. The first-order valence-corrected chi connectivity index (χ1v) is 11.4. The third-order valence-electron chi connectivity index (χ3n) is 7.43. The molecular weight excluding hydrogens is 376 g/mol. The van der Waals surface area contributed by atoms with E-state index < -0.39 is 5.54 Å². The fraction of sp³-hybridized carbons (Fsp3) is 0.520. The van der Waals surface area contributed by atoms with Crippen LogP contribution in [0.5, 0.6) is 0 Å². The first kappa shape index (κ1) is 19.4. The molecular formula is C25H30N2O3. The van der Waals surface area contributed by atoms with Gasteiger partial charge in [-0.05, 0) is 49.4 Å². The van der Waals surface area contributed by atoms with Gasteiger partial charge in [-0.3, -0.25) is 9.59 Å². The minimum absolute atomic E-state index is 0.0104. The van der Waals surface area contributed by atoms with Crippen LogP contribution in [0.2, 0.25) is 0 Å². The molecule has 2 saturated carbocycles. The van der Waals surface area contributed by atoms with E-state index in [4.69, 9.17) is 4.42 Å². The number of carbonyl (C=O) groups is 2. The van der Waals surface area contributed by atoms with Crippen molar-refractivity contribution < 1.29 is 14.0 Å². The van der Waals surface area contributed by atoms with E-state index in [1.54, 1.807) is 6.26 Å². The molecule has 1 spiro atoms. The van der Waals surface area contributed by atoms with Gasteiger partial charge in [0.25, 0.3) is 5.91 Å². The van der Waals surface area contributed by atoms with E-state index >= 15 is 0 Å². The lowest BCUT2D eigenvalue weighted by molar-refractivity contribution is -0.128. The Hall–Kier alpha value is -2.56. The van der Waals surface area contributed by atoms with Crippen molar-refractivity contribution in [1.29, 1.82) is 0 Å². The van der Waals surface area contributed by atoms with E-state index in [0.717, 1.165) is 49.8 Å². The molecule has 2 aliphatic carbocycles. The number of nitrogens with one attached hydrogen (secondary N) is 1. The summed E-state index contributed by atoms with van der Waals surface area (Å²) in [6, 6.07) is 11.7. The van der Waals surface area contributed by atoms with Crippen molar-refractivity contribution in [3.8, 4) is 0 Å². The minimum atomic E-state index is -0.411. The molecule has 5 rings (SSSR count). The molecule has 1 aliphatic heterocycles. The molecule has 2 heterocycles. The Labute approximate surface area is 177 Å². The number of hydrogen-bond acceptors (Lipinski definition) is 3. The van der Waals surface area contributed by atoms with Gasteiger partial charge in [-0.15, -0.1) is 0 Å². The van der Waals surface area contributed by atoms with Crippen LogP contribution in [0.15, 0.2) is 47.1 Å². The highest BCUT2D eigenvalue weighted by Crippen LogP contribution is 2.51. The normalized spacial score (nSPS) is 23.5. The molecule has 3 aliphatic rings. The Morgan fingerprint density at radius 2 is 1.80 bits per heavy atom. The lowest BCUT2D eigenvalue weighted by atomic mass is 9.64. The predicted octanol–water partition coefficient (Wildman–Crippen LogP) is 4.78. The van der Waals surface area contributed by atoms with Gasteiger partial charge in [0.2, 0.25) is 5.91 Å². The van der Waals surface area contributed by atoms with Gasteiger partial charge in [-0.25, -0.2) is 0 Å². The molecule has 158 valence electrons. The van der Waals surface area contributed by atoms with Crippen LogP contribution in [0, 0.1) is 0 Å². The molecule has 0 unspecified atom stereocenters. The summed E-state index contributed by atoms with van der Waals surface area (Å²) in [6.07, 6.45) is 11.2. The highest BCUT2D eigenvalue weighted by molar-refractivity contribution is 6.02. The Balaban J connectivity index is 1.58.